The fourth-order valence-corrected chi connectivity index (χ4v) is 3.49. The minimum atomic E-state index is 0.660. The molecule has 5 heteroatoms. The average molecular weight is 367 g/mol. The number of piperazine rings is 1. The Labute approximate surface area is 138 Å². The van der Waals surface area contributed by atoms with Crippen LogP contribution in [0.5, 0.6) is 0 Å². The fraction of sp³-hybridized carbons (Fsp3) is 0.312. The van der Waals surface area contributed by atoms with Gasteiger partial charge in [-0.15, -0.1) is 0 Å². The molecular weight excluding hydrogens is 350 g/mol. The third-order valence-electron chi connectivity index (χ3n) is 3.71. The minimum absolute atomic E-state index is 0.660. The molecule has 21 heavy (non-hydrogen) atoms. The van der Waals surface area contributed by atoms with Crippen LogP contribution in [0.4, 0.5) is 5.82 Å². The van der Waals surface area contributed by atoms with Gasteiger partial charge in [0.15, 0.2) is 0 Å². The Morgan fingerprint density at radius 1 is 1.10 bits per heavy atom. The van der Waals surface area contributed by atoms with Crippen molar-refractivity contribution in [1.82, 2.24) is 9.88 Å². The van der Waals surface area contributed by atoms with Crippen molar-refractivity contribution in [2.75, 3.05) is 31.1 Å². The number of hydrogen-bond acceptors (Lipinski definition) is 3. The summed E-state index contributed by atoms with van der Waals surface area (Å²) in [4.78, 5) is 9.23. The topological polar surface area (TPSA) is 19.4 Å². The molecule has 1 saturated heterocycles. The smallest absolute Gasteiger partial charge is 0.143 e. The summed E-state index contributed by atoms with van der Waals surface area (Å²) in [6, 6.07) is 12.5. The van der Waals surface area contributed by atoms with Crippen LogP contribution in [0.2, 0.25) is 5.02 Å². The van der Waals surface area contributed by atoms with E-state index in [1.54, 1.807) is 6.20 Å². The summed E-state index contributed by atoms with van der Waals surface area (Å²) in [5, 5.41) is 0.660. The second-order valence-electron chi connectivity index (χ2n) is 5.21. The van der Waals surface area contributed by atoms with Gasteiger partial charge in [-0.05, 0) is 27.6 Å². The van der Waals surface area contributed by atoms with Gasteiger partial charge in [-0.25, -0.2) is 4.98 Å². The summed E-state index contributed by atoms with van der Waals surface area (Å²) in [7, 11) is 0. The fourth-order valence-electron chi connectivity index (χ4n) is 2.60. The van der Waals surface area contributed by atoms with Crippen molar-refractivity contribution in [2.24, 2.45) is 0 Å². The molecule has 0 atom stereocenters. The molecular formula is C16H17BrClN3. The number of rotatable bonds is 3. The molecule has 0 radical (unpaired) electrons. The third-order valence-corrected chi connectivity index (χ3v) is 4.50. The number of anilines is 1. The zero-order valence-corrected chi connectivity index (χ0v) is 14.0. The predicted octanol–water partition coefficient (Wildman–Crippen LogP) is 3.82. The maximum absolute atomic E-state index is 5.95. The highest BCUT2D eigenvalue weighted by Gasteiger charge is 2.19. The molecule has 0 amide bonds. The van der Waals surface area contributed by atoms with Crippen LogP contribution >= 0.6 is 27.5 Å². The Morgan fingerprint density at radius 3 is 2.48 bits per heavy atom. The predicted molar refractivity (Wildman–Crippen MR) is 90.9 cm³/mol. The van der Waals surface area contributed by atoms with Crippen molar-refractivity contribution in [3.05, 3.63) is 57.7 Å². The molecule has 1 aliphatic rings. The molecule has 0 unspecified atom stereocenters. The lowest BCUT2D eigenvalue weighted by Gasteiger charge is -2.35. The lowest BCUT2D eigenvalue weighted by atomic mass is 10.2. The van der Waals surface area contributed by atoms with E-state index in [-0.39, 0.29) is 0 Å². The van der Waals surface area contributed by atoms with E-state index < -0.39 is 0 Å². The van der Waals surface area contributed by atoms with Crippen LogP contribution in [0.3, 0.4) is 0 Å². The molecule has 2 heterocycles. The molecule has 2 aromatic rings. The van der Waals surface area contributed by atoms with E-state index >= 15 is 0 Å². The van der Waals surface area contributed by atoms with E-state index in [1.165, 1.54) is 5.56 Å². The Balaban J connectivity index is 1.60. The summed E-state index contributed by atoms with van der Waals surface area (Å²) >= 11 is 9.50. The van der Waals surface area contributed by atoms with E-state index in [9.17, 15) is 0 Å². The monoisotopic (exact) mass is 365 g/mol. The van der Waals surface area contributed by atoms with Gasteiger partial charge < -0.3 is 4.90 Å². The van der Waals surface area contributed by atoms with Gasteiger partial charge in [0.2, 0.25) is 0 Å². The number of nitrogens with zero attached hydrogens (tertiary/aromatic N) is 3. The maximum atomic E-state index is 5.95. The van der Waals surface area contributed by atoms with Crippen LogP contribution in [0.15, 0.2) is 47.1 Å². The summed E-state index contributed by atoms with van der Waals surface area (Å²) in [5.74, 6) is 0.985. The molecule has 0 N–H and O–H groups in total. The first kappa shape index (κ1) is 14.8. The molecule has 110 valence electrons. The van der Waals surface area contributed by atoms with Gasteiger partial charge in [-0.2, -0.15) is 0 Å². The van der Waals surface area contributed by atoms with E-state index in [0.29, 0.717) is 5.02 Å². The van der Waals surface area contributed by atoms with Crippen molar-refractivity contribution in [3.63, 3.8) is 0 Å². The lowest BCUT2D eigenvalue weighted by Crippen LogP contribution is -2.46. The van der Waals surface area contributed by atoms with E-state index in [0.717, 1.165) is 43.0 Å². The molecule has 0 aliphatic carbocycles. The van der Waals surface area contributed by atoms with Crippen LogP contribution in [0, 0.1) is 0 Å². The molecule has 1 fully saturated rings. The number of aromatic nitrogens is 1. The summed E-state index contributed by atoms with van der Waals surface area (Å²) < 4.78 is 0.964. The SMILES string of the molecule is Clc1cnc(N2CCN(Cc3ccccc3)CC2)c(Br)c1. The van der Waals surface area contributed by atoms with E-state index in [2.05, 4.69) is 61.0 Å². The van der Waals surface area contributed by atoms with Gasteiger partial charge in [0, 0.05) is 38.9 Å². The third kappa shape index (κ3) is 3.76. The Bertz CT molecular complexity index is 598. The largest absolute Gasteiger partial charge is 0.353 e. The first-order valence-corrected chi connectivity index (χ1v) is 8.22. The molecule has 0 bridgehead atoms. The zero-order valence-electron chi connectivity index (χ0n) is 11.7. The van der Waals surface area contributed by atoms with Crippen molar-refractivity contribution in [1.29, 1.82) is 0 Å². The van der Waals surface area contributed by atoms with Gasteiger partial charge in [-0.3, -0.25) is 4.90 Å². The quantitative estimate of drug-likeness (QED) is 0.823. The van der Waals surface area contributed by atoms with Crippen LogP contribution in [0.1, 0.15) is 5.56 Å². The number of benzene rings is 1. The van der Waals surface area contributed by atoms with E-state index in [1.807, 2.05) is 6.07 Å². The minimum Gasteiger partial charge on any atom is -0.353 e. The molecule has 1 aromatic carbocycles. The second kappa shape index (κ2) is 6.77. The van der Waals surface area contributed by atoms with Crippen LogP contribution in [-0.4, -0.2) is 36.1 Å². The molecule has 0 spiro atoms. The Kier molecular flexibility index (Phi) is 4.78. The maximum Gasteiger partial charge on any atom is 0.143 e. The first-order chi connectivity index (χ1) is 10.2. The molecule has 0 saturated carbocycles. The molecule has 1 aromatic heterocycles. The van der Waals surface area contributed by atoms with E-state index in [4.69, 9.17) is 11.6 Å². The van der Waals surface area contributed by atoms with Gasteiger partial charge >= 0.3 is 0 Å². The average Bonchev–Trinajstić information content (AvgIpc) is 2.49. The highest BCUT2D eigenvalue weighted by molar-refractivity contribution is 9.10. The summed E-state index contributed by atoms with van der Waals surface area (Å²) in [6.45, 7) is 5.08. The van der Waals surface area contributed by atoms with Crippen molar-refractivity contribution in [3.8, 4) is 0 Å². The Hall–Kier alpha value is -1.10. The number of halogens is 2. The second-order valence-corrected chi connectivity index (χ2v) is 6.50. The highest BCUT2D eigenvalue weighted by Crippen LogP contribution is 2.27. The van der Waals surface area contributed by atoms with Gasteiger partial charge in [0.05, 0.1) is 9.50 Å². The lowest BCUT2D eigenvalue weighted by molar-refractivity contribution is 0.249. The van der Waals surface area contributed by atoms with Crippen LogP contribution < -0.4 is 4.90 Å². The first-order valence-electron chi connectivity index (χ1n) is 7.04. The Morgan fingerprint density at radius 2 is 1.81 bits per heavy atom. The van der Waals surface area contributed by atoms with Gasteiger partial charge in [0.1, 0.15) is 5.82 Å². The van der Waals surface area contributed by atoms with Gasteiger partial charge in [0.25, 0.3) is 0 Å². The zero-order chi connectivity index (χ0) is 14.7. The highest BCUT2D eigenvalue weighted by atomic mass is 79.9. The standard InChI is InChI=1S/C16H17BrClN3/c17-15-10-14(18)11-19-16(15)21-8-6-20(7-9-21)12-13-4-2-1-3-5-13/h1-5,10-11H,6-9,12H2. The summed E-state index contributed by atoms with van der Waals surface area (Å²) in [6.07, 6.45) is 1.71. The van der Waals surface area contributed by atoms with Crippen molar-refractivity contribution >= 4 is 33.3 Å². The molecule has 1 aliphatic heterocycles. The normalized spacial score (nSPS) is 16.2. The number of pyridine rings is 1. The van der Waals surface area contributed by atoms with Crippen molar-refractivity contribution in [2.45, 2.75) is 6.54 Å². The van der Waals surface area contributed by atoms with Crippen LogP contribution in [-0.2, 0) is 6.54 Å². The molecule has 3 nitrogen and oxygen atoms in total. The number of hydrogen-bond donors (Lipinski definition) is 0. The van der Waals surface area contributed by atoms with Crippen molar-refractivity contribution < 1.29 is 0 Å². The summed E-state index contributed by atoms with van der Waals surface area (Å²) in [5.41, 5.74) is 1.37. The molecule has 3 rings (SSSR count). The van der Waals surface area contributed by atoms with Crippen LogP contribution in [0.25, 0.3) is 0 Å². The van der Waals surface area contributed by atoms with Gasteiger partial charge in [-0.1, -0.05) is 41.9 Å².